The minimum absolute atomic E-state index is 0.0617. The second-order valence-corrected chi connectivity index (χ2v) is 5.01. The Morgan fingerprint density at radius 2 is 1.95 bits per heavy atom. The molecule has 0 unspecified atom stereocenters. The van der Waals surface area contributed by atoms with Gasteiger partial charge in [-0.2, -0.15) is 0 Å². The molecule has 1 fully saturated rings. The third-order valence-corrected chi connectivity index (χ3v) is 3.67. The molecule has 2 amide bonds. The number of benzene rings is 1. The first-order valence-electron chi connectivity index (χ1n) is 7.23. The average Bonchev–Trinajstić information content (AvgIpc) is 3.02. The molecule has 0 aliphatic carbocycles. The van der Waals surface area contributed by atoms with Gasteiger partial charge in [0.05, 0.1) is 6.61 Å². The summed E-state index contributed by atoms with van der Waals surface area (Å²) in [6.07, 6.45) is 1.04. The number of amides is 2. The van der Waals surface area contributed by atoms with Crippen LogP contribution in [0.3, 0.4) is 0 Å². The molecular formula is C15H17N3O4. The molecule has 1 aromatic carbocycles. The zero-order valence-electron chi connectivity index (χ0n) is 12.3. The summed E-state index contributed by atoms with van der Waals surface area (Å²) in [5.41, 5.74) is 1.89. The van der Waals surface area contributed by atoms with E-state index in [0.29, 0.717) is 49.4 Å². The van der Waals surface area contributed by atoms with E-state index >= 15 is 0 Å². The highest BCUT2D eigenvalue weighted by Gasteiger charge is 2.25. The number of piperazine rings is 1. The molecule has 0 radical (unpaired) electrons. The molecule has 2 aromatic rings. The van der Waals surface area contributed by atoms with Crippen LogP contribution in [0, 0.1) is 0 Å². The minimum Gasteiger partial charge on any atom is -0.450 e. The van der Waals surface area contributed by atoms with Gasteiger partial charge in [-0.1, -0.05) is 0 Å². The van der Waals surface area contributed by atoms with Gasteiger partial charge in [-0.15, -0.1) is 0 Å². The molecular weight excluding hydrogens is 286 g/mol. The number of aromatic nitrogens is 1. The molecule has 3 rings (SSSR count). The zero-order chi connectivity index (χ0) is 15.5. The van der Waals surface area contributed by atoms with Crippen LogP contribution in [0.2, 0.25) is 0 Å². The van der Waals surface area contributed by atoms with Gasteiger partial charge in [0.1, 0.15) is 5.52 Å². The molecule has 1 aliphatic heterocycles. The number of carbonyl (C=O) groups excluding carboxylic acids is 2. The molecule has 1 aliphatic rings. The first-order chi connectivity index (χ1) is 10.7. The normalized spacial score (nSPS) is 15.1. The zero-order valence-corrected chi connectivity index (χ0v) is 12.3. The Balaban J connectivity index is 1.65. The number of ether oxygens (including phenoxy) is 1. The van der Waals surface area contributed by atoms with Crippen LogP contribution in [-0.2, 0) is 4.74 Å². The summed E-state index contributed by atoms with van der Waals surface area (Å²) >= 11 is 0. The fraction of sp³-hybridized carbons (Fsp3) is 0.400. The Kier molecular flexibility index (Phi) is 3.95. The van der Waals surface area contributed by atoms with Crippen molar-refractivity contribution in [1.29, 1.82) is 0 Å². The second-order valence-electron chi connectivity index (χ2n) is 5.01. The highest BCUT2D eigenvalue weighted by atomic mass is 16.6. The quantitative estimate of drug-likeness (QED) is 0.844. The predicted octanol–water partition coefficient (Wildman–Crippen LogP) is 1.74. The smallest absolute Gasteiger partial charge is 0.409 e. The van der Waals surface area contributed by atoms with Crippen molar-refractivity contribution in [3.63, 3.8) is 0 Å². The summed E-state index contributed by atoms with van der Waals surface area (Å²) in [7, 11) is 0. The molecule has 0 bridgehead atoms. The molecule has 0 saturated carbocycles. The lowest BCUT2D eigenvalue weighted by Gasteiger charge is -2.34. The van der Waals surface area contributed by atoms with Gasteiger partial charge < -0.3 is 19.0 Å². The van der Waals surface area contributed by atoms with E-state index < -0.39 is 0 Å². The average molecular weight is 303 g/mol. The van der Waals surface area contributed by atoms with Gasteiger partial charge in [-0.05, 0) is 25.1 Å². The van der Waals surface area contributed by atoms with Crippen molar-refractivity contribution >= 4 is 23.1 Å². The van der Waals surface area contributed by atoms with Crippen LogP contribution in [-0.4, -0.2) is 59.6 Å². The highest BCUT2D eigenvalue weighted by molar-refractivity contribution is 5.97. The Hall–Kier alpha value is -2.57. The molecule has 7 heteroatoms. The van der Waals surface area contributed by atoms with Crippen LogP contribution in [0.25, 0.3) is 11.1 Å². The van der Waals surface area contributed by atoms with Gasteiger partial charge in [-0.3, -0.25) is 4.79 Å². The van der Waals surface area contributed by atoms with Gasteiger partial charge in [0.2, 0.25) is 0 Å². The molecule has 0 atom stereocenters. The Bertz CT molecular complexity index is 689. The van der Waals surface area contributed by atoms with Crippen LogP contribution < -0.4 is 0 Å². The molecule has 116 valence electrons. The van der Waals surface area contributed by atoms with E-state index in [-0.39, 0.29) is 12.0 Å². The highest BCUT2D eigenvalue weighted by Crippen LogP contribution is 2.16. The van der Waals surface area contributed by atoms with Crippen LogP contribution in [0.1, 0.15) is 17.3 Å². The van der Waals surface area contributed by atoms with Gasteiger partial charge in [0.25, 0.3) is 5.91 Å². The number of fused-ring (bicyclic) bond motifs is 1. The monoisotopic (exact) mass is 303 g/mol. The lowest BCUT2D eigenvalue weighted by molar-refractivity contribution is 0.0570. The lowest BCUT2D eigenvalue weighted by atomic mass is 10.1. The first kappa shape index (κ1) is 14.4. The molecule has 2 heterocycles. The SMILES string of the molecule is CCOC(=O)N1CCN(C(=O)c2ccc3ocnc3c2)CC1. The van der Waals surface area contributed by atoms with E-state index in [0.717, 1.165) is 0 Å². The fourth-order valence-corrected chi connectivity index (χ4v) is 2.48. The minimum atomic E-state index is -0.321. The Labute approximate surface area is 127 Å². The maximum absolute atomic E-state index is 12.5. The number of rotatable bonds is 2. The number of hydrogen-bond donors (Lipinski definition) is 0. The molecule has 0 spiro atoms. The van der Waals surface area contributed by atoms with Crippen LogP contribution in [0.4, 0.5) is 4.79 Å². The van der Waals surface area contributed by atoms with Crippen molar-refractivity contribution in [2.75, 3.05) is 32.8 Å². The topological polar surface area (TPSA) is 75.9 Å². The third-order valence-electron chi connectivity index (χ3n) is 3.67. The molecule has 0 N–H and O–H groups in total. The molecule has 1 aromatic heterocycles. The van der Waals surface area contributed by atoms with Gasteiger partial charge in [0, 0.05) is 31.7 Å². The maximum Gasteiger partial charge on any atom is 0.409 e. The second kappa shape index (κ2) is 6.05. The van der Waals surface area contributed by atoms with Crippen molar-refractivity contribution in [3.05, 3.63) is 30.2 Å². The molecule has 22 heavy (non-hydrogen) atoms. The van der Waals surface area contributed by atoms with E-state index in [1.54, 1.807) is 34.9 Å². The summed E-state index contributed by atoms with van der Waals surface area (Å²) in [5.74, 6) is -0.0617. The lowest BCUT2D eigenvalue weighted by Crippen LogP contribution is -2.50. The summed E-state index contributed by atoms with van der Waals surface area (Å²) in [6, 6.07) is 5.19. The Morgan fingerprint density at radius 3 is 2.68 bits per heavy atom. The number of hydrogen-bond acceptors (Lipinski definition) is 5. The molecule has 1 saturated heterocycles. The van der Waals surface area contributed by atoms with Crippen LogP contribution in [0.5, 0.6) is 0 Å². The van der Waals surface area contributed by atoms with E-state index in [1.807, 2.05) is 0 Å². The summed E-state index contributed by atoms with van der Waals surface area (Å²) in [4.78, 5) is 31.6. The first-order valence-corrected chi connectivity index (χ1v) is 7.23. The number of carbonyl (C=O) groups is 2. The fourth-order valence-electron chi connectivity index (χ4n) is 2.48. The van der Waals surface area contributed by atoms with Crippen molar-refractivity contribution in [1.82, 2.24) is 14.8 Å². The largest absolute Gasteiger partial charge is 0.450 e. The van der Waals surface area contributed by atoms with Crippen molar-refractivity contribution in [3.8, 4) is 0 Å². The van der Waals surface area contributed by atoms with E-state index in [9.17, 15) is 9.59 Å². The van der Waals surface area contributed by atoms with Gasteiger partial charge in [0.15, 0.2) is 12.0 Å². The predicted molar refractivity (Wildman–Crippen MR) is 78.5 cm³/mol. The standard InChI is InChI=1S/C15H17N3O4/c1-2-21-15(20)18-7-5-17(6-8-18)14(19)11-3-4-13-12(9-11)16-10-22-13/h3-4,9-10H,2,5-8H2,1H3. The van der Waals surface area contributed by atoms with E-state index in [1.165, 1.54) is 6.39 Å². The number of nitrogens with zero attached hydrogens (tertiary/aromatic N) is 3. The van der Waals surface area contributed by atoms with Crippen LogP contribution >= 0.6 is 0 Å². The van der Waals surface area contributed by atoms with E-state index in [2.05, 4.69) is 4.98 Å². The van der Waals surface area contributed by atoms with Crippen molar-refractivity contribution < 1.29 is 18.7 Å². The molecule has 7 nitrogen and oxygen atoms in total. The summed E-state index contributed by atoms with van der Waals surface area (Å²) in [5, 5.41) is 0. The summed E-state index contributed by atoms with van der Waals surface area (Å²) < 4.78 is 10.1. The van der Waals surface area contributed by atoms with Crippen molar-refractivity contribution in [2.45, 2.75) is 6.92 Å². The number of oxazole rings is 1. The maximum atomic E-state index is 12.5. The van der Waals surface area contributed by atoms with E-state index in [4.69, 9.17) is 9.15 Å². The van der Waals surface area contributed by atoms with Crippen molar-refractivity contribution in [2.24, 2.45) is 0 Å². The van der Waals surface area contributed by atoms with Gasteiger partial charge in [-0.25, -0.2) is 9.78 Å². The van der Waals surface area contributed by atoms with Gasteiger partial charge >= 0.3 is 6.09 Å². The Morgan fingerprint density at radius 1 is 1.23 bits per heavy atom. The summed E-state index contributed by atoms with van der Waals surface area (Å²) in [6.45, 7) is 4.09. The van der Waals surface area contributed by atoms with Crippen LogP contribution in [0.15, 0.2) is 29.0 Å². The third kappa shape index (κ3) is 2.74.